The van der Waals surface area contributed by atoms with Gasteiger partial charge in [0, 0.05) is 5.02 Å². The van der Waals surface area contributed by atoms with Crippen molar-refractivity contribution in [3.05, 3.63) is 88.9 Å². The van der Waals surface area contributed by atoms with Gasteiger partial charge in [0.05, 0.1) is 23.7 Å². The lowest BCUT2D eigenvalue weighted by Gasteiger charge is -2.25. The van der Waals surface area contributed by atoms with Crippen LogP contribution in [0.3, 0.4) is 0 Å². The van der Waals surface area contributed by atoms with Crippen molar-refractivity contribution in [2.45, 2.75) is 24.8 Å². The Kier molecular flexibility index (Phi) is 7.43. The molecular formula is C24H25ClN2O4S. The van der Waals surface area contributed by atoms with Crippen LogP contribution in [0.4, 0.5) is 5.69 Å². The van der Waals surface area contributed by atoms with Crippen molar-refractivity contribution in [3.63, 3.8) is 0 Å². The summed E-state index contributed by atoms with van der Waals surface area (Å²) in [6.07, 6.45) is 0. The first-order valence-corrected chi connectivity index (χ1v) is 11.8. The number of rotatable bonds is 8. The minimum atomic E-state index is -3.98. The number of amides is 1. The summed E-state index contributed by atoms with van der Waals surface area (Å²) in [7, 11) is -2.39. The lowest BCUT2D eigenvalue weighted by Crippen LogP contribution is -2.41. The van der Waals surface area contributed by atoms with E-state index in [1.807, 2.05) is 26.0 Å². The number of carbonyl (C=O) groups is 1. The first-order valence-electron chi connectivity index (χ1n) is 9.99. The van der Waals surface area contributed by atoms with Gasteiger partial charge in [0.1, 0.15) is 12.3 Å². The van der Waals surface area contributed by atoms with Gasteiger partial charge in [-0.1, -0.05) is 41.4 Å². The van der Waals surface area contributed by atoms with Crippen molar-refractivity contribution in [2.24, 2.45) is 0 Å². The molecule has 32 heavy (non-hydrogen) atoms. The van der Waals surface area contributed by atoms with Crippen LogP contribution in [0.2, 0.25) is 5.02 Å². The Hall–Kier alpha value is -3.03. The molecule has 3 rings (SSSR count). The topological polar surface area (TPSA) is 75.7 Å². The van der Waals surface area contributed by atoms with Crippen LogP contribution in [0, 0.1) is 6.92 Å². The predicted octanol–water partition coefficient (Wildman–Crippen LogP) is 4.73. The molecular weight excluding hydrogens is 448 g/mol. The molecule has 0 unspecified atom stereocenters. The molecule has 0 saturated carbocycles. The average molecular weight is 473 g/mol. The third-order valence-electron chi connectivity index (χ3n) is 5.00. The average Bonchev–Trinajstić information content (AvgIpc) is 2.78. The summed E-state index contributed by atoms with van der Waals surface area (Å²) in [6.45, 7) is 3.33. The number of sulfonamides is 1. The number of hydrogen-bond acceptors (Lipinski definition) is 4. The molecule has 0 bridgehead atoms. The molecule has 0 aliphatic carbocycles. The largest absolute Gasteiger partial charge is 0.497 e. The summed E-state index contributed by atoms with van der Waals surface area (Å²) in [5, 5.41) is 3.34. The van der Waals surface area contributed by atoms with Gasteiger partial charge >= 0.3 is 0 Å². The van der Waals surface area contributed by atoms with E-state index >= 15 is 0 Å². The molecule has 0 fully saturated rings. The van der Waals surface area contributed by atoms with Crippen LogP contribution in [-0.2, 0) is 14.8 Å². The van der Waals surface area contributed by atoms with E-state index in [-0.39, 0.29) is 17.5 Å². The van der Waals surface area contributed by atoms with Crippen LogP contribution >= 0.6 is 11.6 Å². The minimum absolute atomic E-state index is 0.106. The Balaban J connectivity index is 1.85. The van der Waals surface area contributed by atoms with Gasteiger partial charge in [-0.2, -0.15) is 0 Å². The van der Waals surface area contributed by atoms with Crippen molar-refractivity contribution < 1.29 is 17.9 Å². The number of ether oxygens (including phenoxy) is 1. The van der Waals surface area contributed by atoms with E-state index in [1.54, 1.807) is 55.6 Å². The lowest BCUT2D eigenvalue weighted by atomic mass is 10.1. The molecule has 1 amide bonds. The summed E-state index contributed by atoms with van der Waals surface area (Å²) in [5.74, 6) is 0.282. The van der Waals surface area contributed by atoms with Crippen LogP contribution in [0.15, 0.2) is 77.7 Å². The third kappa shape index (κ3) is 5.60. The number of anilines is 1. The van der Waals surface area contributed by atoms with E-state index in [0.29, 0.717) is 16.5 Å². The number of nitrogens with zero attached hydrogens (tertiary/aromatic N) is 1. The van der Waals surface area contributed by atoms with Gasteiger partial charge in [0.2, 0.25) is 5.91 Å². The summed E-state index contributed by atoms with van der Waals surface area (Å²) in [6, 6.07) is 19.8. The van der Waals surface area contributed by atoms with Crippen LogP contribution in [0.25, 0.3) is 0 Å². The highest BCUT2D eigenvalue weighted by Gasteiger charge is 2.27. The zero-order valence-electron chi connectivity index (χ0n) is 18.1. The Morgan fingerprint density at radius 1 is 1.00 bits per heavy atom. The summed E-state index contributed by atoms with van der Waals surface area (Å²) < 4.78 is 33.0. The molecule has 0 saturated heterocycles. The normalized spacial score (nSPS) is 12.1. The molecule has 0 heterocycles. The first kappa shape index (κ1) is 23.6. The Bertz CT molecular complexity index is 1160. The predicted molar refractivity (Wildman–Crippen MR) is 127 cm³/mol. The molecule has 3 aromatic carbocycles. The van der Waals surface area contributed by atoms with E-state index in [4.69, 9.17) is 16.3 Å². The number of halogens is 1. The summed E-state index contributed by atoms with van der Waals surface area (Å²) in [5.41, 5.74) is 2.16. The molecule has 0 aliphatic heterocycles. The van der Waals surface area contributed by atoms with Gasteiger partial charge < -0.3 is 10.1 Å². The fourth-order valence-electron chi connectivity index (χ4n) is 3.15. The zero-order valence-corrected chi connectivity index (χ0v) is 19.7. The van der Waals surface area contributed by atoms with E-state index in [1.165, 1.54) is 12.1 Å². The Morgan fingerprint density at radius 2 is 1.59 bits per heavy atom. The number of methoxy groups -OCH3 is 1. The maximum atomic E-state index is 13.4. The Morgan fingerprint density at radius 3 is 2.16 bits per heavy atom. The van der Waals surface area contributed by atoms with Crippen LogP contribution in [-0.4, -0.2) is 28.0 Å². The maximum absolute atomic E-state index is 13.4. The fraction of sp³-hybridized carbons (Fsp3) is 0.208. The SMILES string of the molecule is COc1ccc([C@@H](C)NC(=O)CN(c2ccc(Cl)cc2)S(=O)(=O)c2ccc(C)cc2)cc1. The van der Waals surface area contributed by atoms with Crippen molar-refractivity contribution in [1.29, 1.82) is 0 Å². The fourth-order valence-corrected chi connectivity index (χ4v) is 4.70. The molecule has 0 radical (unpaired) electrons. The van der Waals surface area contributed by atoms with Gasteiger partial charge in [0.25, 0.3) is 10.0 Å². The molecule has 3 aromatic rings. The second-order valence-electron chi connectivity index (χ2n) is 7.36. The molecule has 1 atom stereocenters. The third-order valence-corrected chi connectivity index (χ3v) is 7.04. The van der Waals surface area contributed by atoms with Crippen molar-refractivity contribution in [3.8, 4) is 5.75 Å². The van der Waals surface area contributed by atoms with Gasteiger partial charge in [-0.3, -0.25) is 9.10 Å². The van der Waals surface area contributed by atoms with Crippen molar-refractivity contribution in [2.75, 3.05) is 18.0 Å². The van der Waals surface area contributed by atoms with Gasteiger partial charge in [-0.25, -0.2) is 8.42 Å². The monoisotopic (exact) mass is 472 g/mol. The van der Waals surface area contributed by atoms with Crippen molar-refractivity contribution >= 4 is 33.2 Å². The maximum Gasteiger partial charge on any atom is 0.264 e. The number of benzene rings is 3. The van der Waals surface area contributed by atoms with Crippen LogP contribution in [0.5, 0.6) is 5.75 Å². The second-order valence-corrected chi connectivity index (χ2v) is 9.66. The van der Waals surface area contributed by atoms with E-state index in [9.17, 15) is 13.2 Å². The molecule has 0 aliphatic rings. The summed E-state index contributed by atoms with van der Waals surface area (Å²) >= 11 is 5.97. The molecule has 6 nitrogen and oxygen atoms in total. The lowest BCUT2D eigenvalue weighted by molar-refractivity contribution is -0.120. The van der Waals surface area contributed by atoms with E-state index in [2.05, 4.69) is 5.32 Å². The van der Waals surface area contributed by atoms with Gasteiger partial charge in [0.15, 0.2) is 0 Å². The van der Waals surface area contributed by atoms with Crippen molar-refractivity contribution in [1.82, 2.24) is 5.32 Å². The van der Waals surface area contributed by atoms with Gasteiger partial charge in [-0.15, -0.1) is 0 Å². The molecule has 168 valence electrons. The quantitative estimate of drug-likeness (QED) is 0.514. The number of hydrogen-bond donors (Lipinski definition) is 1. The zero-order chi connectivity index (χ0) is 23.3. The number of aryl methyl sites for hydroxylation is 1. The summed E-state index contributed by atoms with van der Waals surface area (Å²) in [4.78, 5) is 13.0. The highest BCUT2D eigenvalue weighted by Crippen LogP contribution is 2.26. The second kappa shape index (κ2) is 10.1. The Labute approximate surface area is 193 Å². The number of nitrogens with one attached hydrogen (secondary N) is 1. The smallest absolute Gasteiger partial charge is 0.264 e. The number of carbonyl (C=O) groups excluding carboxylic acids is 1. The minimum Gasteiger partial charge on any atom is -0.497 e. The van der Waals surface area contributed by atoms with Crippen LogP contribution in [0.1, 0.15) is 24.1 Å². The molecule has 0 aromatic heterocycles. The standard InChI is InChI=1S/C24H25ClN2O4S/c1-17-4-14-23(15-5-17)32(29,30)27(21-10-8-20(25)9-11-21)16-24(28)26-18(2)19-6-12-22(31-3)13-7-19/h4-15,18H,16H2,1-3H3,(H,26,28)/t18-/m1/s1. The van der Waals surface area contributed by atoms with E-state index < -0.39 is 15.9 Å². The molecule has 1 N–H and O–H groups in total. The van der Waals surface area contributed by atoms with Gasteiger partial charge in [-0.05, 0) is 67.9 Å². The highest BCUT2D eigenvalue weighted by atomic mass is 35.5. The molecule has 0 spiro atoms. The molecule has 8 heteroatoms. The van der Waals surface area contributed by atoms with Crippen LogP contribution < -0.4 is 14.4 Å². The highest BCUT2D eigenvalue weighted by molar-refractivity contribution is 7.92. The van der Waals surface area contributed by atoms with E-state index in [0.717, 1.165) is 15.4 Å². The first-order chi connectivity index (χ1) is 15.2.